The Labute approximate surface area is 199 Å². The zero-order valence-electron chi connectivity index (χ0n) is 19.6. The minimum absolute atomic E-state index is 0.0375. The molecule has 4 aromatic rings. The highest BCUT2D eigenvalue weighted by Crippen LogP contribution is 2.31. The molecule has 0 amide bonds. The Kier molecular flexibility index (Phi) is 6.83. The van der Waals surface area contributed by atoms with Crippen LogP contribution in [0.3, 0.4) is 0 Å². The summed E-state index contributed by atoms with van der Waals surface area (Å²) in [5.74, 6) is 2.81. The molecule has 0 radical (unpaired) electrons. The maximum absolute atomic E-state index is 13.1. The average molecular weight is 455 g/mol. The number of carbonyl (C=O) groups is 1. The van der Waals surface area contributed by atoms with Gasteiger partial charge in [-0.3, -0.25) is 4.79 Å². The van der Waals surface area contributed by atoms with Gasteiger partial charge in [-0.25, -0.2) is 0 Å². The van der Waals surface area contributed by atoms with Crippen LogP contribution in [0.15, 0.2) is 84.9 Å². The van der Waals surface area contributed by atoms with Crippen LogP contribution < -0.4 is 18.9 Å². The molecule has 0 aromatic heterocycles. The van der Waals surface area contributed by atoms with Crippen molar-refractivity contribution in [2.75, 3.05) is 28.4 Å². The lowest BCUT2D eigenvalue weighted by Crippen LogP contribution is -2.01. The van der Waals surface area contributed by atoms with Crippen LogP contribution in [-0.2, 0) is 0 Å². The van der Waals surface area contributed by atoms with Crippen LogP contribution in [0.4, 0.5) is 0 Å². The van der Waals surface area contributed by atoms with E-state index in [2.05, 4.69) is 0 Å². The summed E-state index contributed by atoms with van der Waals surface area (Å²) in [6.45, 7) is 0. The Morgan fingerprint density at radius 2 is 0.735 bits per heavy atom. The van der Waals surface area contributed by atoms with Crippen molar-refractivity contribution in [2.45, 2.75) is 0 Å². The predicted octanol–water partition coefficient (Wildman–Crippen LogP) is 6.29. The molecule has 0 spiro atoms. The van der Waals surface area contributed by atoms with E-state index in [-0.39, 0.29) is 5.78 Å². The average Bonchev–Trinajstić information content (AvgIpc) is 2.92. The van der Waals surface area contributed by atoms with Gasteiger partial charge in [0.25, 0.3) is 0 Å². The Hall–Kier alpha value is -4.25. The smallest absolute Gasteiger partial charge is 0.193 e. The zero-order valence-corrected chi connectivity index (χ0v) is 19.6. The van der Waals surface area contributed by atoms with Crippen molar-refractivity contribution in [1.29, 1.82) is 0 Å². The third kappa shape index (κ3) is 4.89. The first-order chi connectivity index (χ1) is 16.5. The number of ketones is 1. The van der Waals surface area contributed by atoms with Crippen LogP contribution in [0, 0.1) is 0 Å². The van der Waals surface area contributed by atoms with Gasteiger partial charge in [0.2, 0.25) is 0 Å². The molecule has 0 atom stereocenters. The van der Waals surface area contributed by atoms with Crippen molar-refractivity contribution < 1.29 is 23.7 Å². The summed E-state index contributed by atoms with van der Waals surface area (Å²) in [5, 5.41) is 0. The van der Waals surface area contributed by atoms with Gasteiger partial charge in [-0.15, -0.1) is 0 Å². The van der Waals surface area contributed by atoms with Gasteiger partial charge < -0.3 is 18.9 Å². The lowest BCUT2D eigenvalue weighted by Gasteiger charge is -2.10. The lowest BCUT2D eigenvalue weighted by molar-refractivity contribution is 0.103. The fraction of sp³-hybridized carbons (Fsp3) is 0.138. The number of benzene rings is 4. The van der Waals surface area contributed by atoms with Gasteiger partial charge in [-0.1, -0.05) is 48.5 Å². The topological polar surface area (TPSA) is 54.0 Å². The van der Waals surface area contributed by atoms with E-state index >= 15 is 0 Å². The van der Waals surface area contributed by atoms with Gasteiger partial charge in [-0.05, 0) is 46.5 Å². The van der Waals surface area contributed by atoms with Crippen molar-refractivity contribution in [3.8, 4) is 45.3 Å². The monoisotopic (exact) mass is 454 g/mol. The molecule has 4 rings (SSSR count). The minimum atomic E-state index is -0.0375. The van der Waals surface area contributed by atoms with Crippen LogP contribution in [0.25, 0.3) is 22.3 Å². The van der Waals surface area contributed by atoms with E-state index in [1.165, 1.54) is 0 Å². The number of methoxy groups -OCH3 is 4. The Morgan fingerprint density at radius 1 is 0.441 bits per heavy atom. The second-order valence-electron chi connectivity index (χ2n) is 7.69. The third-order valence-corrected chi connectivity index (χ3v) is 5.66. The van der Waals surface area contributed by atoms with Crippen molar-refractivity contribution in [2.24, 2.45) is 0 Å². The summed E-state index contributed by atoms with van der Waals surface area (Å²) < 4.78 is 21.4. The molecule has 4 aromatic carbocycles. The van der Waals surface area contributed by atoms with Gasteiger partial charge in [0, 0.05) is 23.3 Å². The lowest BCUT2D eigenvalue weighted by atomic mass is 9.97. The largest absolute Gasteiger partial charge is 0.497 e. The first-order valence-corrected chi connectivity index (χ1v) is 10.8. The van der Waals surface area contributed by atoms with Crippen LogP contribution in [0.2, 0.25) is 0 Å². The summed E-state index contributed by atoms with van der Waals surface area (Å²) in [7, 11) is 6.49. The van der Waals surface area contributed by atoms with Gasteiger partial charge in [0.15, 0.2) is 5.78 Å². The van der Waals surface area contributed by atoms with Gasteiger partial charge in [0.05, 0.1) is 28.4 Å². The summed E-state index contributed by atoms with van der Waals surface area (Å²) in [6.07, 6.45) is 0. The van der Waals surface area contributed by atoms with Crippen molar-refractivity contribution in [3.05, 3.63) is 96.1 Å². The van der Waals surface area contributed by atoms with Crippen molar-refractivity contribution in [3.63, 3.8) is 0 Å². The molecule has 5 nitrogen and oxygen atoms in total. The number of rotatable bonds is 8. The quantitative estimate of drug-likeness (QED) is 0.293. The summed E-state index contributed by atoms with van der Waals surface area (Å²) >= 11 is 0. The van der Waals surface area contributed by atoms with Gasteiger partial charge in [0.1, 0.15) is 23.0 Å². The van der Waals surface area contributed by atoms with E-state index < -0.39 is 0 Å². The van der Waals surface area contributed by atoms with Crippen LogP contribution in [0.5, 0.6) is 23.0 Å². The molecule has 0 bridgehead atoms. The first kappa shape index (κ1) is 22.9. The van der Waals surface area contributed by atoms with E-state index in [0.717, 1.165) is 22.3 Å². The highest BCUT2D eigenvalue weighted by Gasteiger charge is 2.12. The maximum Gasteiger partial charge on any atom is 0.193 e. The molecule has 0 aliphatic rings. The number of ether oxygens (including phenoxy) is 4. The Balaban J connectivity index is 1.56. The van der Waals surface area contributed by atoms with Gasteiger partial charge in [-0.2, -0.15) is 0 Å². The van der Waals surface area contributed by atoms with Crippen molar-refractivity contribution in [1.82, 2.24) is 0 Å². The summed E-state index contributed by atoms with van der Waals surface area (Å²) in [5.41, 5.74) is 5.08. The van der Waals surface area contributed by atoms with E-state index in [4.69, 9.17) is 18.9 Å². The molecule has 0 N–H and O–H groups in total. The first-order valence-electron chi connectivity index (χ1n) is 10.8. The van der Waals surface area contributed by atoms with Crippen molar-refractivity contribution >= 4 is 5.78 Å². The van der Waals surface area contributed by atoms with E-state index in [1.54, 1.807) is 28.4 Å². The summed E-state index contributed by atoms with van der Waals surface area (Å²) in [6, 6.07) is 26.5. The molecule has 0 aliphatic carbocycles. The molecule has 0 saturated carbocycles. The fourth-order valence-corrected chi connectivity index (χ4v) is 3.74. The second-order valence-corrected chi connectivity index (χ2v) is 7.69. The molecule has 0 aliphatic heterocycles. The minimum Gasteiger partial charge on any atom is -0.497 e. The zero-order chi connectivity index (χ0) is 24.1. The standard InChI is InChI=1S/C29H26O5/c1-31-25-13-23(14-26(17-25)32-2)19-5-9-21(10-6-19)29(30)22-11-7-20(8-12-22)24-15-27(33-3)18-28(16-24)34-4/h5-18H,1-4H3. The molecule has 0 saturated heterocycles. The van der Waals surface area contributed by atoms with Crippen LogP contribution in [0.1, 0.15) is 15.9 Å². The van der Waals surface area contributed by atoms with Crippen LogP contribution in [-0.4, -0.2) is 34.2 Å². The predicted molar refractivity (Wildman–Crippen MR) is 133 cm³/mol. The molecule has 0 fully saturated rings. The molecule has 0 heterocycles. The molecule has 34 heavy (non-hydrogen) atoms. The van der Waals surface area contributed by atoms with Crippen LogP contribution >= 0.6 is 0 Å². The number of hydrogen-bond acceptors (Lipinski definition) is 5. The van der Waals surface area contributed by atoms with E-state index in [9.17, 15) is 4.79 Å². The SMILES string of the molecule is COc1cc(OC)cc(-c2ccc(C(=O)c3ccc(-c4cc(OC)cc(OC)c4)cc3)cc2)c1. The molecular formula is C29H26O5. The van der Waals surface area contributed by atoms with Gasteiger partial charge >= 0.3 is 0 Å². The highest BCUT2D eigenvalue weighted by atomic mass is 16.5. The number of carbonyl (C=O) groups excluding carboxylic acids is 1. The van der Waals surface area contributed by atoms with E-state index in [0.29, 0.717) is 34.1 Å². The molecular weight excluding hydrogens is 428 g/mol. The van der Waals surface area contributed by atoms with E-state index in [1.807, 2.05) is 84.9 Å². The summed E-state index contributed by atoms with van der Waals surface area (Å²) in [4.78, 5) is 13.1. The molecule has 0 unspecified atom stereocenters. The number of hydrogen-bond donors (Lipinski definition) is 0. The molecule has 5 heteroatoms. The fourth-order valence-electron chi connectivity index (χ4n) is 3.74. The second kappa shape index (κ2) is 10.1. The molecule has 172 valence electrons. The Bertz CT molecular complexity index is 1150. The normalized spacial score (nSPS) is 10.5. The highest BCUT2D eigenvalue weighted by molar-refractivity contribution is 6.09. The Morgan fingerprint density at radius 3 is 1.00 bits per heavy atom. The maximum atomic E-state index is 13.1. The third-order valence-electron chi connectivity index (χ3n) is 5.66.